The summed E-state index contributed by atoms with van der Waals surface area (Å²) >= 11 is 0. The zero-order chi connectivity index (χ0) is 18.8. The number of piperidine rings is 1. The molecule has 0 atom stereocenters. The lowest BCUT2D eigenvalue weighted by atomic mass is 9.82. The van der Waals surface area contributed by atoms with Crippen LogP contribution in [0.5, 0.6) is 5.75 Å². The number of H-pyrrole nitrogens is 1. The largest absolute Gasteiger partial charge is 0.493 e. The molecule has 28 heavy (non-hydrogen) atoms. The van der Waals surface area contributed by atoms with Gasteiger partial charge in [-0.25, -0.2) is 0 Å². The van der Waals surface area contributed by atoms with E-state index in [9.17, 15) is 0 Å². The lowest BCUT2D eigenvalue weighted by Gasteiger charge is -2.44. The first kappa shape index (κ1) is 17.8. The molecule has 3 heterocycles. The van der Waals surface area contributed by atoms with Crippen LogP contribution in [0.3, 0.4) is 0 Å². The van der Waals surface area contributed by atoms with E-state index in [1.54, 1.807) is 0 Å². The van der Waals surface area contributed by atoms with Crippen molar-refractivity contribution in [2.75, 3.05) is 26.2 Å². The number of nitrogens with zero attached hydrogens (tertiary/aromatic N) is 1. The number of nitrogens with one attached hydrogen (secondary N) is 1. The number of aromatic nitrogens is 1. The molecule has 1 spiro atoms. The molecule has 146 valence electrons. The maximum absolute atomic E-state index is 6.34. The Balaban J connectivity index is 1.09. The highest BCUT2D eigenvalue weighted by molar-refractivity contribution is 5.85. The average molecular weight is 377 g/mol. The number of hydrogen-bond donors (Lipinski definition) is 1. The van der Waals surface area contributed by atoms with Gasteiger partial charge in [-0.3, -0.25) is 0 Å². The first-order chi connectivity index (χ1) is 13.8. The van der Waals surface area contributed by atoms with E-state index in [2.05, 4.69) is 52.3 Å². The van der Waals surface area contributed by atoms with E-state index in [0.29, 0.717) is 0 Å². The summed E-state index contributed by atoms with van der Waals surface area (Å²) in [6, 6.07) is 17.0. The van der Waals surface area contributed by atoms with E-state index < -0.39 is 0 Å². The van der Waals surface area contributed by atoms with Crippen LogP contribution in [0.4, 0.5) is 0 Å². The Morgan fingerprint density at radius 3 is 2.75 bits per heavy atom. The van der Waals surface area contributed by atoms with E-state index in [0.717, 1.165) is 75.2 Å². The van der Waals surface area contributed by atoms with Crippen molar-refractivity contribution in [3.8, 4) is 5.75 Å². The van der Waals surface area contributed by atoms with E-state index in [1.807, 2.05) is 12.3 Å². The average Bonchev–Trinajstić information content (AvgIpc) is 3.22. The molecule has 1 aromatic heterocycles. The summed E-state index contributed by atoms with van der Waals surface area (Å²) in [5.41, 5.74) is 4.04. The highest BCUT2D eigenvalue weighted by atomic mass is 16.5. The second-order valence-corrected chi connectivity index (χ2v) is 8.16. The Morgan fingerprint density at radius 2 is 1.86 bits per heavy atom. The summed E-state index contributed by atoms with van der Waals surface area (Å²) in [4.78, 5) is 5.80. The minimum Gasteiger partial charge on any atom is -0.493 e. The van der Waals surface area contributed by atoms with Gasteiger partial charge in [0.05, 0.1) is 18.8 Å². The highest BCUT2D eigenvalue weighted by Crippen LogP contribution is 2.36. The van der Waals surface area contributed by atoms with Gasteiger partial charge in [-0.15, -0.1) is 0 Å². The number of rotatable bonds is 5. The minimum absolute atomic E-state index is 0.0608. The summed E-state index contributed by atoms with van der Waals surface area (Å²) in [6.45, 7) is 4.87. The maximum atomic E-state index is 6.34. The smallest absolute Gasteiger partial charge is 0.128 e. The number of fused-ring (bicyclic) bond motifs is 2. The van der Waals surface area contributed by atoms with Crippen molar-refractivity contribution in [2.45, 2.75) is 37.9 Å². The fourth-order valence-electron chi connectivity index (χ4n) is 4.66. The molecule has 0 unspecified atom stereocenters. The Hall–Kier alpha value is -2.30. The Labute approximate surface area is 166 Å². The fraction of sp³-hybridized carbons (Fsp3) is 0.417. The van der Waals surface area contributed by atoms with Gasteiger partial charge in [0, 0.05) is 43.2 Å². The molecule has 1 fully saturated rings. The standard InChI is InChI=1S/C24H28N2O2/c1-2-6-20-18-28-24(17-19(20)5-1)10-14-26(15-11-24)13-4-16-27-23-8-3-7-22-21(23)9-12-25-22/h1-3,5-9,12,25H,4,10-11,13-18H2. The first-order valence-electron chi connectivity index (χ1n) is 10.4. The van der Waals surface area contributed by atoms with E-state index in [-0.39, 0.29) is 5.60 Å². The molecule has 0 radical (unpaired) electrons. The summed E-state index contributed by atoms with van der Waals surface area (Å²) in [5.74, 6) is 0.977. The van der Waals surface area contributed by atoms with Gasteiger partial charge in [0.15, 0.2) is 0 Å². The van der Waals surface area contributed by atoms with Crippen molar-refractivity contribution < 1.29 is 9.47 Å². The first-order valence-corrected chi connectivity index (χ1v) is 10.4. The van der Waals surface area contributed by atoms with Crippen LogP contribution >= 0.6 is 0 Å². The van der Waals surface area contributed by atoms with E-state index in [1.165, 1.54) is 11.1 Å². The predicted octanol–water partition coefficient (Wildman–Crippen LogP) is 4.54. The van der Waals surface area contributed by atoms with Gasteiger partial charge in [-0.2, -0.15) is 0 Å². The predicted molar refractivity (Wildman–Crippen MR) is 112 cm³/mol. The van der Waals surface area contributed by atoms with Crippen molar-refractivity contribution in [1.82, 2.24) is 9.88 Å². The Morgan fingerprint density at radius 1 is 1.00 bits per heavy atom. The van der Waals surface area contributed by atoms with Crippen molar-refractivity contribution >= 4 is 10.9 Å². The van der Waals surface area contributed by atoms with Crippen molar-refractivity contribution in [3.05, 3.63) is 65.9 Å². The van der Waals surface area contributed by atoms with Crippen LogP contribution in [0.15, 0.2) is 54.7 Å². The molecular formula is C24H28N2O2. The molecular weight excluding hydrogens is 348 g/mol. The van der Waals surface area contributed by atoms with Gasteiger partial charge in [-0.1, -0.05) is 30.3 Å². The van der Waals surface area contributed by atoms with Gasteiger partial charge in [0.2, 0.25) is 0 Å². The molecule has 0 bridgehead atoms. The Bertz CT molecular complexity index is 940. The molecule has 4 heteroatoms. The number of likely N-dealkylation sites (tertiary alicyclic amines) is 1. The Kier molecular flexibility index (Phi) is 4.83. The molecule has 0 saturated carbocycles. The second-order valence-electron chi connectivity index (χ2n) is 8.16. The zero-order valence-corrected chi connectivity index (χ0v) is 16.3. The SMILES string of the molecule is c1ccc2c(c1)COC1(CCN(CCCOc3cccc4[nH]ccc34)CC1)C2. The van der Waals surface area contributed by atoms with Gasteiger partial charge >= 0.3 is 0 Å². The molecule has 2 aliphatic rings. The van der Waals surface area contributed by atoms with Crippen molar-refractivity contribution in [1.29, 1.82) is 0 Å². The molecule has 2 aliphatic heterocycles. The van der Waals surface area contributed by atoms with Crippen LogP contribution in [0.1, 0.15) is 30.4 Å². The van der Waals surface area contributed by atoms with Crippen molar-refractivity contribution in [3.63, 3.8) is 0 Å². The lowest BCUT2D eigenvalue weighted by molar-refractivity contribution is -0.102. The number of ether oxygens (including phenoxy) is 2. The molecule has 2 aromatic carbocycles. The van der Waals surface area contributed by atoms with Crippen LogP contribution in [0.2, 0.25) is 0 Å². The lowest BCUT2D eigenvalue weighted by Crippen LogP contribution is -2.49. The second kappa shape index (κ2) is 7.61. The van der Waals surface area contributed by atoms with Gasteiger partial charge < -0.3 is 19.4 Å². The third kappa shape index (κ3) is 3.54. The van der Waals surface area contributed by atoms with Gasteiger partial charge in [-0.05, 0) is 48.6 Å². The van der Waals surface area contributed by atoms with Crippen LogP contribution in [0.25, 0.3) is 10.9 Å². The third-order valence-corrected chi connectivity index (χ3v) is 6.36. The molecule has 1 saturated heterocycles. The molecule has 1 N–H and O–H groups in total. The summed E-state index contributed by atoms with van der Waals surface area (Å²) in [5, 5.41) is 1.16. The van der Waals surface area contributed by atoms with E-state index >= 15 is 0 Å². The number of aromatic amines is 1. The van der Waals surface area contributed by atoms with Crippen LogP contribution < -0.4 is 4.74 Å². The summed E-state index contributed by atoms with van der Waals surface area (Å²) in [6.07, 6.45) is 6.35. The quantitative estimate of drug-likeness (QED) is 0.664. The third-order valence-electron chi connectivity index (χ3n) is 6.36. The highest BCUT2D eigenvalue weighted by Gasteiger charge is 2.38. The normalized spacial score (nSPS) is 19.0. The molecule has 0 amide bonds. The monoisotopic (exact) mass is 376 g/mol. The summed E-state index contributed by atoms with van der Waals surface area (Å²) < 4.78 is 12.4. The molecule has 4 nitrogen and oxygen atoms in total. The molecule has 0 aliphatic carbocycles. The van der Waals surface area contributed by atoms with E-state index in [4.69, 9.17) is 9.47 Å². The topological polar surface area (TPSA) is 37.5 Å². The molecule has 3 aromatic rings. The van der Waals surface area contributed by atoms with Crippen LogP contribution in [-0.2, 0) is 17.8 Å². The van der Waals surface area contributed by atoms with Crippen LogP contribution in [-0.4, -0.2) is 41.7 Å². The van der Waals surface area contributed by atoms with Gasteiger partial charge in [0.1, 0.15) is 5.75 Å². The zero-order valence-electron chi connectivity index (χ0n) is 16.3. The summed E-state index contributed by atoms with van der Waals surface area (Å²) in [7, 11) is 0. The molecule has 5 rings (SSSR count). The minimum atomic E-state index is 0.0608. The number of hydrogen-bond acceptors (Lipinski definition) is 3. The van der Waals surface area contributed by atoms with Crippen LogP contribution in [0, 0.1) is 0 Å². The number of benzene rings is 2. The fourth-order valence-corrected chi connectivity index (χ4v) is 4.66. The van der Waals surface area contributed by atoms with Crippen molar-refractivity contribution in [2.24, 2.45) is 0 Å². The maximum Gasteiger partial charge on any atom is 0.128 e. The van der Waals surface area contributed by atoms with Gasteiger partial charge in [0.25, 0.3) is 0 Å².